The highest BCUT2D eigenvalue weighted by atomic mass is 16.7. The lowest BCUT2D eigenvalue weighted by Gasteiger charge is -2.08. The molecule has 1 aliphatic rings. The van der Waals surface area contributed by atoms with Gasteiger partial charge in [0.05, 0.1) is 12.7 Å². The maximum atomic E-state index is 11.1. The predicted molar refractivity (Wildman–Crippen MR) is 41.6 cm³/mol. The van der Waals surface area contributed by atoms with E-state index in [9.17, 15) is 9.90 Å². The van der Waals surface area contributed by atoms with Gasteiger partial charge in [-0.15, -0.1) is 0 Å². The van der Waals surface area contributed by atoms with Gasteiger partial charge in [0.2, 0.25) is 0 Å². The summed E-state index contributed by atoms with van der Waals surface area (Å²) in [7, 11) is 0. The molecule has 0 aromatic heterocycles. The third-order valence-electron chi connectivity index (χ3n) is 2.17. The van der Waals surface area contributed by atoms with E-state index < -0.39 is 17.8 Å². The zero-order valence-corrected chi connectivity index (χ0v) is 7.53. The molecule has 0 aliphatic carbocycles. The van der Waals surface area contributed by atoms with Crippen LogP contribution in [0.15, 0.2) is 0 Å². The lowest BCUT2D eigenvalue weighted by Crippen LogP contribution is -2.29. The molecule has 4 heteroatoms. The first-order chi connectivity index (χ1) is 5.52. The fourth-order valence-corrected chi connectivity index (χ4v) is 1.04. The minimum Gasteiger partial charge on any atom is -0.464 e. The first-order valence-corrected chi connectivity index (χ1v) is 4.05. The van der Waals surface area contributed by atoms with Gasteiger partial charge in [-0.25, -0.2) is 4.79 Å². The van der Waals surface area contributed by atoms with Crippen molar-refractivity contribution in [2.75, 3.05) is 6.61 Å². The Bertz CT molecular complexity index is 189. The lowest BCUT2D eigenvalue weighted by atomic mass is 10.0. The fraction of sp³-hybridized carbons (Fsp3) is 0.875. The first-order valence-electron chi connectivity index (χ1n) is 4.05. The van der Waals surface area contributed by atoms with E-state index in [0.29, 0.717) is 6.61 Å². The van der Waals surface area contributed by atoms with Crippen molar-refractivity contribution in [3.63, 3.8) is 0 Å². The summed E-state index contributed by atoms with van der Waals surface area (Å²) < 4.78 is 9.79. The van der Waals surface area contributed by atoms with Gasteiger partial charge in [-0.3, -0.25) is 0 Å². The van der Waals surface area contributed by atoms with Gasteiger partial charge in [-0.05, 0) is 20.8 Å². The molecule has 0 spiro atoms. The summed E-state index contributed by atoms with van der Waals surface area (Å²) in [6.07, 6.45) is -1.23. The van der Waals surface area contributed by atoms with Crippen LogP contribution in [-0.4, -0.2) is 35.5 Å². The molecule has 1 N–H and O–H groups in total. The van der Waals surface area contributed by atoms with Crippen LogP contribution < -0.4 is 0 Å². The molecule has 3 atom stereocenters. The average molecular weight is 174 g/mol. The second-order valence-electron chi connectivity index (χ2n) is 3.11. The minimum atomic E-state index is -0.730. The highest BCUT2D eigenvalue weighted by Gasteiger charge is 2.61. The van der Waals surface area contributed by atoms with Gasteiger partial charge in [-0.2, -0.15) is 0 Å². The SMILES string of the molecule is CCOC(=O)[C@@H]1O[C@@]1(C)[C@H](C)O. The molecule has 0 amide bonds. The number of hydrogen-bond acceptors (Lipinski definition) is 4. The summed E-state index contributed by atoms with van der Waals surface area (Å²) in [4.78, 5) is 11.1. The summed E-state index contributed by atoms with van der Waals surface area (Å²) in [6, 6.07) is 0. The molecule has 0 radical (unpaired) electrons. The van der Waals surface area contributed by atoms with E-state index in [-0.39, 0.29) is 5.97 Å². The number of ether oxygens (including phenoxy) is 2. The molecule has 4 nitrogen and oxygen atoms in total. The van der Waals surface area contributed by atoms with Crippen LogP contribution in [0, 0.1) is 0 Å². The first kappa shape index (κ1) is 9.48. The Morgan fingerprint density at radius 1 is 1.83 bits per heavy atom. The molecule has 1 saturated heterocycles. The van der Waals surface area contributed by atoms with Gasteiger partial charge in [0.15, 0.2) is 6.10 Å². The minimum absolute atomic E-state index is 0.342. The summed E-state index contributed by atoms with van der Waals surface area (Å²) in [5, 5.41) is 9.21. The molecule has 1 fully saturated rings. The summed E-state index contributed by atoms with van der Waals surface area (Å²) in [5.41, 5.74) is -0.730. The highest BCUT2D eigenvalue weighted by molar-refractivity contribution is 5.79. The van der Waals surface area contributed by atoms with E-state index in [1.807, 2.05) is 0 Å². The smallest absolute Gasteiger partial charge is 0.338 e. The van der Waals surface area contributed by atoms with Crippen molar-refractivity contribution in [3.8, 4) is 0 Å². The molecular formula is C8H14O4. The van der Waals surface area contributed by atoms with E-state index in [1.54, 1.807) is 20.8 Å². The van der Waals surface area contributed by atoms with Crippen LogP contribution >= 0.6 is 0 Å². The van der Waals surface area contributed by atoms with Crippen molar-refractivity contribution in [1.82, 2.24) is 0 Å². The van der Waals surface area contributed by atoms with Crippen molar-refractivity contribution in [1.29, 1.82) is 0 Å². The number of hydrogen-bond donors (Lipinski definition) is 1. The maximum Gasteiger partial charge on any atom is 0.338 e. The Morgan fingerprint density at radius 2 is 2.42 bits per heavy atom. The van der Waals surface area contributed by atoms with Crippen LogP contribution in [0.3, 0.4) is 0 Å². The molecule has 0 saturated carbocycles. The van der Waals surface area contributed by atoms with Crippen molar-refractivity contribution < 1.29 is 19.4 Å². The van der Waals surface area contributed by atoms with E-state index >= 15 is 0 Å². The van der Waals surface area contributed by atoms with Crippen LogP contribution in [0.1, 0.15) is 20.8 Å². The average Bonchev–Trinajstić information content (AvgIpc) is 2.65. The van der Waals surface area contributed by atoms with Crippen LogP contribution in [-0.2, 0) is 14.3 Å². The molecule has 1 rings (SSSR count). The second-order valence-corrected chi connectivity index (χ2v) is 3.11. The normalized spacial score (nSPS) is 35.8. The number of carbonyl (C=O) groups excluding carboxylic acids is 1. The number of aliphatic hydroxyl groups is 1. The maximum absolute atomic E-state index is 11.1. The molecule has 0 bridgehead atoms. The zero-order valence-electron chi connectivity index (χ0n) is 7.53. The van der Waals surface area contributed by atoms with Crippen molar-refractivity contribution >= 4 is 5.97 Å². The molecule has 0 aromatic rings. The van der Waals surface area contributed by atoms with Gasteiger partial charge >= 0.3 is 5.97 Å². The number of aliphatic hydroxyl groups excluding tert-OH is 1. The van der Waals surface area contributed by atoms with Crippen LogP contribution in [0.25, 0.3) is 0 Å². The Labute approximate surface area is 71.5 Å². The Kier molecular flexibility index (Phi) is 2.39. The largest absolute Gasteiger partial charge is 0.464 e. The molecule has 0 unspecified atom stereocenters. The lowest BCUT2D eigenvalue weighted by molar-refractivity contribution is -0.144. The number of carbonyl (C=O) groups is 1. The third kappa shape index (κ3) is 1.44. The summed E-state index contributed by atoms with van der Waals surface area (Å²) >= 11 is 0. The van der Waals surface area contributed by atoms with Crippen LogP contribution in [0.4, 0.5) is 0 Å². The molecule has 70 valence electrons. The van der Waals surface area contributed by atoms with Crippen LogP contribution in [0.2, 0.25) is 0 Å². The predicted octanol–water partition coefficient (Wildman–Crippen LogP) is 0.0878. The second kappa shape index (κ2) is 3.03. The molecule has 1 heterocycles. The number of rotatable bonds is 3. The van der Waals surface area contributed by atoms with Crippen LogP contribution in [0.5, 0.6) is 0 Å². The Hall–Kier alpha value is -0.610. The zero-order chi connectivity index (χ0) is 9.35. The van der Waals surface area contributed by atoms with E-state index in [4.69, 9.17) is 9.47 Å². The van der Waals surface area contributed by atoms with Gasteiger partial charge in [-0.1, -0.05) is 0 Å². The Balaban J connectivity index is 2.45. The third-order valence-corrected chi connectivity index (χ3v) is 2.17. The van der Waals surface area contributed by atoms with Gasteiger partial charge < -0.3 is 14.6 Å². The quantitative estimate of drug-likeness (QED) is 0.486. The summed E-state index contributed by atoms with van der Waals surface area (Å²) in [5.74, 6) is -0.388. The Morgan fingerprint density at radius 3 is 2.75 bits per heavy atom. The van der Waals surface area contributed by atoms with Gasteiger partial charge in [0.25, 0.3) is 0 Å². The molecule has 0 aromatic carbocycles. The molecular weight excluding hydrogens is 160 g/mol. The number of esters is 1. The van der Waals surface area contributed by atoms with E-state index in [0.717, 1.165) is 0 Å². The van der Waals surface area contributed by atoms with E-state index in [2.05, 4.69) is 0 Å². The highest BCUT2D eigenvalue weighted by Crippen LogP contribution is 2.39. The molecule has 1 aliphatic heterocycles. The van der Waals surface area contributed by atoms with Crippen molar-refractivity contribution in [2.45, 2.75) is 38.6 Å². The van der Waals surface area contributed by atoms with E-state index in [1.165, 1.54) is 0 Å². The van der Waals surface area contributed by atoms with Gasteiger partial charge in [0, 0.05) is 0 Å². The topological polar surface area (TPSA) is 59.1 Å². The monoisotopic (exact) mass is 174 g/mol. The van der Waals surface area contributed by atoms with Crippen molar-refractivity contribution in [3.05, 3.63) is 0 Å². The number of epoxide rings is 1. The standard InChI is InChI=1S/C8H14O4/c1-4-11-7(10)6-8(3,12-6)5(2)9/h5-6,9H,4H2,1-3H3/t5-,6-,8-/m0/s1. The van der Waals surface area contributed by atoms with Crippen molar-refractivity contribution in [2.24, 2.45) is 0 Å². The van der Waals surface area contributed by atoms with Gasteiger partial charge in [0.1, 0.15) is 5.60 Å². The summed E-state index contributed by atoms with van der Waals surface area (Å²) in [6.45, 7) is 5.37. The fourth-order valence-electron chi connectivity index (χ4n) is 1.04. The molecule has 12 heavy (non-hydrogen) atoms.